The van der Waals surface area contributed by atoms with Crippen LogP contribution < -0.4 is 10.5 Å². The first-order valence-electron chi connectivity index (χ1n) is 5.34. The van der Waals surface area contributed by atoms with Crippen molar-refractivity contribution >= 4 is 5.97 Å². The van der Waals surface area contributed by atoms with Crippen LogP contribution in [-0.4, -0.2) is 23.7 Å². The quantitative estimate of drug-likeness (QED) is 0.765. The minimum absolute atomic E-state index is 0.313. The van der Waals surface area contributed by atoms with E-state index in [0.717, 1.165) is 17.7 Å². The summed E-state index contributed by atoms with van der Waals surface area (Å²) in [5.74, 6) is -0.185. The molecule has 0 spiro atoms. The van der Waals surface area contributed by atoms with Crippen LogP contribution >= 0.6 is 0 Å². The lowest BCUT2D eigenvalue weighted by Crippen LogP contribution is -2.31. The molecule has 0 fully saturated rings. The minimum Gasteiger partial charge on any atom is -0.493 e. The van der Waals surface area contributed by atoms with Crippen LogP contribution in [0.15, 0.2) is 24.3 Å². The Hall–Kier alpha value is -1.55. The molecule has 0 bridgehead atoms. The number of hydrogen-bond donors (Lipinski definition) is 2. The zero-order valence-corrected chi connectivity index (χ0v) is 9.35. The number of hydrogen-bond acceptors (Lipinski definition) is 3. The van der Waals surface area contributed by atoms with E-state index >= 15 is 0 Å². The average Bonchev–Trinajstić information content (AvgIpc) is 2.29. The Morgan fingerprint density at radius 1 is 1.50 bits per heavy atom. The Labute approximate surface area is 95.0 Å². The van der Waals surface area contributed by atoms with E-state index in [1.165, 1.54) is 0 Å². The van der Waals surface area contributed by atoms with Crippen molar-refractivity contribution in [3.8, 4) is 5.75 Å². The number of carbonyl (C=O) groups is 1. The van der Waals surface area contributed by atoms with Crippen molar-refractivity contribution in [2.24, 2.45) is 5.73 Å². The first kappa shape index (κ1) is 12.5. The fourth-order valence-electron chi connectivity index (χ4n) is 1.36. The van der Waals surface area contributed by atoms with E-state index in [2.05, 4.69) is 0 Å². The lowest BCUT2D eigenvalue weighted by molar-refractivity contribution is -0.138. The second-order valence-electron chi connectivity index (χ2n) is 3.54. The van der Waals surface area contributed by atoms with Crippen molar-refractivity contribution in [1.29, 1.82) is 0 Å². The van der Waals surface area contributed by atoms with Gasteiger partial charge in [0.15, 0.2) is 0 Å². The summed E-state index contributed by atoms with van der Waals surface area (Å²) in [5, 5.41) is 8.60. The summed E-state index contributed by atoms with van der Waals surface area (Å²) < 4.78 is 5.51. The van der Waals surface area contributed by atoms with E-state index in [-0.39, 0.29) is 0 Å². The molecule has 1 unspecified atom stereocenters. The Kier molecular flexibility index (Phi) is 4.79. The average molecular weight is 223 g/mol. The van der Waals surface area contributed by atoms with Crippen LogP contribution in [-0.2, 0) is 11.2 Å². The highest BCUT2D eigenvalue weighted by atomic mass is 16.5. The van der Waals surface area contributed by atoms with Crippen LogP contribution in [0.5, 0.6) is 5.75 Å². The number of aryl methyl sites for hydroxylation is 1. The topological polar surface area (TPSA) is 72.5 Å². The van der Waals surface area contributed by atoms with Crippen LogP contribution in [0.2, 0.25) is 0 Å². The highest BCUT2D eigenvalue weighted by molar-refractivity contribution is 5.72. The number of carboxylic acids is 1. The molecule has 1 aromatic carbocycles. The third-order valence-corrected chi connectivity index (χ3v) is 2.36. The number of carboxylic acid groups (broad SMARTS) is 1. The highest BCUT2D eigenvalue weighted by Gasteiger charge is 2.11. The van der Waals surface area contributed by atoms with Crippen LogP contribution in [0.25, 0.3) is 0 Å². The molecule has 1 aromatic rings. The number of para-hydroxylation sites is 1. The number of benzene rings is 1. The van der Waals surface area contributed by atoms with Gasteiger partial charge in [-0.05, 0) is 18.1 Å². The summed E-state index contributed by atoms with van der Waals surface area (Å²) in [6.45, 7) is 2.37. The fourth-order valence-corrected chi connectivity index (χ4v) is 1.36. The van der Waals surface area contributed by atoms with E-state index < -0.39 is 12.0 Å². The van der Waals surface area contributed by atoms with Crippen molar-refractivity contribution in [1.82, 2.24) is 0 Å². The largest absolute Gasteiger partial charge is 0.493 e. The molecule has 0 aliphatic rings. The molecule has 1 rings (SSSR count). The predicted molar refractivity (Wildman–Crippen MR) is 61.5 cm³/mol. The van der Waals surface area contributed by atoms with Crippen LogP contribution in [0.4, 0.5) is 0 Å². The van der Waals surface area contributed by atoms with Crippen LogP contribution in [0.3, 0.4) is 0 Å². The molecule has 0 aromatic heterocycles. The van der Waals surface area contributed by atoms with Gasteiger partial charge in [-0.3, -0.25) is 4.79 Å². The summed E-state index contributed by atoms with van der Waals surface area (Å²) in [5.41, 5.74) is 6.49. The molecular formula is C12H17NO3. The molecule has 0 radical (unpaired) electrons. The molecule has 4 nitrogen and oxygen atoms in total. The van der Waals surface area contributed by atoms with Gasteiger partial charge in [-0.15, -0.1) is 0 Å². The predicted octanol–water partition coefficient (Wildman–Crippen LogP) is 1.43. The molecule has 0 saturated heterocycles. The zero-order chi connectivity index (χ0) is 12.0. The lowest BCUT2D eigenvalue weighted by atomic mass is 10.1. The van der Waals surface area contributed by atoms with Gasteiger partial charge < -0.3 is 15.6 Å². The normalized spacial score (nSPS) is 12.1. The van der Waals surface area contributed by atoms with Gasteiger partial charge in [-0.2, -0.15) is 0 Å². The van der Waals surface area contributed by atoms with Gasteiger partial charge in [-0.1, -0.05) is 25.1 Å². The zero-order valence-electron chi connectivity index (χ0n) is 9.35. The van der Waals surface area contributed by atoms with Crippen molar-refractivity contribution in [2.45, 2.75) is 25.8 Å². The molecule has 1 atom stereocenters. The second kappa shape index (κ2) is 6.12. The fraction of sp³-hybridized carbons (Fsp3) is 0.417. The van der Waals surface area contributed by atoms with Gasteiger partial charge in [-0.25, -0.2) is 0 Å². The Morgan fingerprint density at radius 3 is 2.81 bits per heavy atom. The molecular weight excluding hydrogens is 206 g/mol. The Morgan fingerprint density at radius 2 is 2.19 bits per heavy atom. The summed E-state index contributed by atoms with van der Waals surface area (Å²) in [6.07, 6.45) is 1.20. The molecule has 4 heteroatoms. The third-order valence-electron chi connectivity index (χ3n) is 2.36. The monoisotopic (exact) mass is 223 g/mol. The molecule has 16 heavy (non-hydrogen) atoms. The second-order valence-corrected chi connectivity index (χ2v) is 3.54. The molecule has 0 heterocycles. The highest BCUT2D eigenvalue weighted by Crippen LogP contribution is 2.18. The maximum atomic E-state index is 10.5. The molecule has 0 amide bonds. The standard InChI is InChI=1S/C12H17NO3/c1-2-9-5-3-4-6-11(9)16-8-7-10(13)12(14)15/h3-6,10H,2,7-8,13H2,1H3,(H,14,15). The summed E-state index contributed by atoms with van der Waals surface area (Å²) in [6, 6.07) is 6.87. The molecule has 88 valence electrons. The Balaban J connectivity index is 2.45. The van der Waals surface area contributed by atoms with Crippen molar-refractivity contribution in [3.63, 3.8) is 0 Å². The van der Waals surface area contributed by atoms with Gasteiger partial charge in [0.25, 0.3) is 0 Å². The summed E-state index contributed by atoms with van der Waals surface area (Å²) in [4.78, 5) is 10.5. The number of rotatable bonds is 6. The van der Waals surface area contributed by atoms with E-state index in [1.807, 2.05) is 31.2 Å². The van der Waals surface area contributed by atoms with Crippen molar-refractivity contribution < 1.29 is 14.6 Å². The molecule has 0 aliphatic carbocycles. The minimum atomic E-state index is -0.993. The van der Waals surface area contributed by atoms with Crippen molar-refractivity contribution in [2.75, 3.05) is 6.61 Å². The molecule has 0 aliphatic heterocycles. The maximum Gasteiger partial charge on any atom is 0.320 e. The molecule has 0 saturated carbocycles. The van der Waals surface area contributed by atoms with Gasteiger partial charge in [0.1, 0.15) is 11.8 Å². The molecule has 3 N–H and O–H groups in total. The van der Waals surface area contributed by atoms with E-state index in [0.29, 0.717) is 13.0 Å². The first-order chi connectivity index (χ1) is 7.65. The van der Waals surface area contributed by atoms with Crippen LogP contribution in [0.1, 0.15) is 18.9 Å². The van der Waals surface area contributed by atoms with Gasteiger partial charge in [0.05, 0.1) is 6.61 Å². The number of aliphatic carboxylic acids is 1. The third kappa shape index (κ3) is 3.55. The summed E-state index contributed by atoms with van der Waals surface area (Å²) >= 11 is 0. The maximum absolute atomic E-state index is 10.5. The summed E-state index contributed by atoms with van der Waals surface area (Å²) in [7, 11) is 0. The van der Waals surface area contributed by atoms with E-state index in [4.69, 9.17) is 15.6 Å². The number of ether oxygens (including phenoxy) is 1. The number of nitrogens with two attached hydrogens (primary N) is 1. The van der Waals surface area contributed by atoms with Gasteiger partial charge in [0, 0.05) is 6.42 Å². The Bertz CT molecular complexity index is 352. The first-order valence-corrected chi connectivity index (χ1v) is 5.34. The van der Waals surface area contributed by atoms with E-state index in [9.17, 15) is 4.79 Å². The smallest absolute Gasteiger partial charge is 0.320 e. The van der Waals surface area contributed by atoms with Crippen molar-refractivity contribution in [3.05, 3.63) is 29.8 Å². The van der Waals surface area contributed by atoms with Gasteiger partial charge >= 0.3 is 5.97 Å². The SMILES string of the molecule is CCc1ccccc1OCCC(N)C(=O)O. The van der Waals surface area contributed by atoms with Crippen LogP contribution in [0, 0.1) is 0 Å². The van der Waals surface area contributed by atoms with E-state index in [1.54, 1.807) is 0 Å². The van der Waals surface area contributed by atoms with Gasteiger partial charge in [0.2, 0.25) is 0 Å². The lowest BCUT2D eigenvalue weighted by Gasteiger charge is -2.11.